The molecule has 5 nitrogen and oxygen atoms in total. The van der Waals surface area contributed by atoms with Gasteiger partial charge in [0, 0.05) is 6.54 Å². The van der Waals surface area contributed by atoms with Crippen LogP contribution >= 0.6 is 0 Å². The van der Waals surface area contributed by atoms with Gasteiger partial charge in [-0.05, 0) is 49.2 Å². The number of aromatic nitrogens is 2. The highest BCUT2D eigenvalue weighted by Gasteiger charge is 2.20. The third-order valence-corrected chi connectivity index (χ3v) is 4.75. The van der Waals surface area contributed by atoms with Crippen LogP contribution in [0.25, 0.3) is 11.0 Å². The second kappa shape index (κ2) is 7.11. The molecule has 0 saturated heterocycles. The van der Waals surface area contributed by atoms with Crippen LogP contribution in [0.1, 0.15) is 40.5 Å². The molecule has 2 aromatic heterocycles. The Morgan fingerprint density at radius 3 is 2.67 bits per heavy atom. The van der Waals surface area contributed by atoms with E-state index in [2.05, 4.69) is 35.0 Å². The summed E-state index contributed by atoms with van der Waals surface area (Å²) in [6.07, 6.45) is 1.49. The van der Waals surface area contributed by atoms with Gasteiger partial charge in [-0.3, -0.25) is 4.79 Å². The predicted molar refractivity (Wildman–Crippen MR) is 105 cm³/mol. The Morgan fingerprint density at radius 1 is 1.11 bits per heavy atom. The van der Waals surface area contributed by atoms with Gasteiger partial charge in [0.2, 0.25) is 0 Å². The second-order valence-electron chi connectivity index (χ2n) is 6.64. The SMILES string of the molecule is Cc1ccccc1Cn1c(C(C)NC(=O)c2ccco2)nc2ccccc21. The molecule has 27 heavy (non-hydrogen) atoms. The maximum absolute atomic E-state index is 12.4. The summed E-state index contributed by atoms with van der Waals surface area (Å²) >= 11 is 0. The number of carbonyl (C=O) groups is 1. The highest BCUT2D eigenvalue weighted by atomic mass is 16.3. The summed E-state index contributed by atoms with van der Waals surface area (Å²) in [4.78, 5) is 17.2. The van der Waals surface area contributed by atoms with Gasteiger partial charge in [0.1, 0.15) is 5.82 Å². The van der Waals surface area contributed by atoms with Gasteiger partial charge in [-0.25, -0.2) is 4.98 Å². The number of amides is 1. The number of carbonyl (C=O) groups excluding carboxylic acids is 1. The number of nitrogens with zero attached hydrogens (tertiary/aromatic N) is 2. The van der Waals surface area contributed by atoms with E-state index >= 15 is 0 Å². The van der Waals surface area contributed by atoms with E-state index in [0.29, 0.717) is 12.3 Å². The summed E-state index contributed by atoms with van der Waals surface area (Å²) in [5.41, 5.74) is 4.43. The Bertz CT molecular complexity index is 1080. The number of rotatable bonds is 5. The normalized spacial score (nSPS) is 12.2. The van der Waals surface area contributed by atoms with Gasteiger partial charge in [-0.2, -0.15) is 0 Å². The first-order valence-corrected chi connectivity index (χ1v) is 8.97. The van der Waals surface area contributed by atoms with Crippen molar-refractivity contribution in [2.75, 3.05) is 0 Å². The molecule has 5 heteroatoms. The number of furan rings is 1. The molecule has 0 radical (unpaired) electrons. The Balaban J connectivity index is 1.71. The fourth-order valence-corrected chi connectivity index (χ4v) is 3.29. The molecule has 1 atom stereocenters. The van der Waals surface area contributed by atoms with E-state index in [1.165, 1.54) is 17.4 Å². The lowest BCUT2D eigenvalue weighted by molar-refractivity contribution is 0.0909. The topological polar surface area (TPSA) is 60.1 Å². The zero-order valence-corrected chi connectivity index (χ0v) is 15.3. The Morgan fingerprint density at radius 2 is 1.89 bits per heavy atom. The van der Waals surface area contributed by atoms with Gasteiger partial charge >= 0.3 is 0 Å². The van der Waals surface area contributed by atoms with Crippen LogP contribution in [-0.2, 0) is 6.54 Å². The molecule has 1 amide bonds. The van der Waals surface area contributed by atoms with E-state index < -0.39 is 0 Å². The van der Waals surface area contributed by atoms with Crippen LogP contribution in [-0.4, -0.2) is 15.5 Å². The maximum atomic E-state index is 12.4. The van der Waals surface area contributed by atoms with E-state index in [1.807, 2.05) is 37.3 Å². The van der Waals surface area contributed by atoms with Gasteiger partial charge in [-0.15, -0.1) is 0 Å². The van der Waals surface area contributed by atoms with Crippen molar-refractivity contribution in [1.82, 2.24) is 14.9 Å². The third kappa shape index (κ3) is 3.36. The highest BCUT2D eigenvalue weighted by Crippen LogP contribution is 2.23. The zero-order valence-electron chi connectivity index (χ0n) is 15.3. The lowest BCUT2D eigenvalue weighted by Gasteiger charge is -2.17. The average Bonchev–Trinajstić information content (AvgIpc) is 3.32. The largest absolute Gasteiger partial charge is 0.459 e. The fraction of sp³-hybridized carbons (Fsp3) is 0.182. The molecule has 0 spiro atoms. The number of fused-ring (bicyclic) bond motifs is 1. The molecule has 2 heterocycles. The summed E-state index contributed by atoms with van der Waals surface area (Å²) in [6.45, 7) is 4.75. The number of benzene rings is 2. The minimum atomic E-state index is -0.265. The third-order valence-electron chi connectivity index (χ3n) is 4.75. The first-order chi connectivity index (χ1) is 13.1. The Labute approximate surface area is 157 Å². The molecule has 4 aromatic rings. The van der Waals surface area contributed by atoms with E-state index in [4.69, 9.17) is 9.40 Å². The molecule has 0 fully saturated rings. The smallest absolute Gasteiger partial charge is 0.287 e. The van der Waals surface area contributed by atoms with Crippen molar-refractivity contribution < 1.29 is 9.21 Å². The molecule has 4 rings (SSSR count). The van der Waals surface area contributed by atoms with Crippen molar-refractivity contribution in [3.8, 4) is 0 Å². The van der Waals surface area contributed by atoms with E-state index in [1.54, 1.807) is 12.1 Å². The van der Waals surface area contributed by atoms with Crippen molar-refractivity contribution in [2.24, 2.45) is 0 Å². The minimum absolute atomic E-state index is 0.248. The molecule has 0 saturated carbocycles. The van der Waals surface area contributed by atoms with Crippen LogP contribution in [0.2, 0.25) is 0 Å². The van der Waals surface area contributed by atoms with E-state index in [-0.39, 0.29) is 11.9 Å². The molecular weight excluding hydrogens is 338 g/mol. The summed E-state index contributed by atoms with van der Waals surface area (Å²) in [7, 11) is 0. The van der Waals surface area contributed by atoms with Crippen LogP contribution in [0.5, 0.6) is 0 Å². The van der Waals surface area contributed by atoms with Gasteiger partial charge < -0.3 is 14.3 Å². The molecule has 2 aromatic carbocycles. The minimum Gasteiger partial charge on any atom is -0.459 e. The molecule has 0 aliphatic rings. The van der Waals surface area contributed by atoms with Gasteiger partial charge in [0.25, 0.3) is 5.91 Å². The maximum Gasteiger partial charge on any atom is 0.287 e. The van der Waals surface area contributed by atoms with Crippen molar-refractivity contribution >= 4 is 16.9 Å². The first-order valence-electron chi connectivity index (χ1n) is 8.97. The number of nitrogens with one attached hydrogen (secondary N) is 1. The van der Waals surface area contributed by atoms with Crippen LogP contribution < -0.4 is 5.32 Å². The standard InChI is InChI=1S/C22H21N3O2/c1-15-8-3-4-9-17(15)14-25-19-11-6-5-10-18(19)24-21(25)16(2)23-22(26)20-12-7-13-27-20/h3-13,16H,14H2,1-2H3,(H,23,26). The molecule has 0 aliphatic carbocycles. The Hall–Kier alpha value is -3.34. The van der Waals surface area contributed by atoms with E-state index in [0.717, 1.165) is 16.9 Å². The lowest BCUT2D eigenvalue weighted by atomic mass is 10.1. The Kier molecular flexibility index (Phi) is 4.50. The van der Waals surface area contributed by atoms with E-state index in [9.17, 15) is 4.79 Å². The summed E-state index contributed by atoms with van der Waals surface area (Å²) < 4.78 is 7.36. The van der Waals surface area contributed by atoms with Crippen LogP contribution in [0.3, 0.4) is 0 Å². The molecule has 1 N–H and O–H groups in total. The molecular formula is C22H21N3O2. The number of aryl methyl sites for hydroxylation is 1. The fourth-order valence-electron chi connectivity index (χ4n) is 3.29. The molecule has 136 valence electrons. The second-order valence-corrected chi connectivity index (χ2v) is 6.64. The highest BCUT2D eigenvalue weighted by molar-refractivity contribution is 5.91. The van der Waals surface area contributed by atoms with Crippen molar-refractivity contribution in [3.63, 3.8) is 0 Å². The summed E-state index contributed by atoms with van der Waals surface area (Å²) in [5, 5.41) is 2.98. The number of hydrogen-bond acceptors (Lipinski definition) is 3. The van der Waals surface area contributed by atoms with Gasteiger partial charge in [0.15, 0.2) is 5.76 Å². The lowest BCUT2D eigenvalue weighted by Crippen LogP contribution is -2.28. The van der Waals surface area contributed by atoms with Crippen molar-refractivity contribution in [3.05, 3.63) is 89.6 Å². The van der Waals surface area contributed by atoms with Crippen molar-refractivity contribution in [2.45, 2.75) is 26.4 Å². The zero-order chi connectivity index (χ0) is 18.8. The summed E-state index contributed by atoms with van der Waals surface area (Å²) in [6, 6.07) is 19.4. The molecule has 0 aliphatic heterocycles. The summed E-state index contributed by atoms with van der Waals surface area (Å²) in [5.74, 6) is 0.866. The number of hydrogen-bond donors (Lipinski definition) is 1. The van der Waals surface area contributed by atoms with Gasteiger partial charge in [-0.1, -0.05) is 36.4 Å². The van der Waals surface area contributed by atoms with Crippen molar-refractivity contribution in [1.29, 1.82) is 0 Å². The number of imidazole rings is 1. The van der Waals surface area contributed by atoms with Crippen LogP contribution in [0.4, 0.5) is 0 Å². The monoisotopic (exact) mass is 359 g/mol. The van der Waals surface area contributed by atoms with Crippen LogP contribution in [0, 0.1) is 6.92 Å². The van der Waals surface area contributed by atoms with Crippen LogP contribution in [0.15, 0.2) is 71.3 Å². The molecule has 0 bridgehead atoms. The van der Waals surface area contributed by atoms with Gasteiger partial charge in [0.05, 0.1) is 23.3 Å². The average molecular weight is 359 g/mol. The quantitative estimate of drug-likeness (QED) is 0.572. The molecule has 1 unspecified atom stereocenters. The predicted octanol–water partition coefficient (Wildman–Crippen LogP) is 4.48. The first kappa shape index (κ1) is 17.1. The number of para-hydroxylation sites is 2.